The molecule has 0 saturated carbocycles. The second-order valence-corrected chi connectivity index (χ2v) is 11.2. The molecule has 9 rings (SSSR count). The van der Waals surface area contributed by atoms with Gasteiger partial charge in [0.2, 0.25) is 0 Å². The van der Waals surface area contributed by atoms with E-state index in [1.54, 1.807) is 0 Å². The van der Waals surface area contributed by atoms with Crippen LogP contribution in [0.4, 0.5) is 0 Å². The van der Waals surface area contributed by atoms with Gasteiger partial charge in [-0.3, -0.25) is 0 Å². The number of rotatable bonds is 2. The fraction of sp³-hybridized carbons (Fsp3) is 0. The van der Waals surface area contributed by atoms with Crippen LogP contribution in [0.2, 0.25) is 0 Å². The van der Waals surface area contributed by atoms with Crippen molar-refractivity contribution in [2.24, 2.45) is 0 Å². The van der Waals surface area contributed by atoms with E-state index >= 15 is 0 Å². The Kier molecular flexibility index (Phi) is 4.24. The molecule has 3 aromatic heterocycles. The third-order valence-electron chi connectivity index (χ3n) is 8.00. The Labute approximate surface area is 227 Å². The third kappa shape index (κ3) is 2.91. The maximum Gasteiger partial charge on any atom is 0.136 e. The SMILES string of the molecule is c1ccc(-c2cccc3oc4ccc(-n5c6ccccc6c6ccc7c8ccccc8sc7c65)cc4c23)cc1. The van der Waals surface area contributed by atoms with Gasteiger partial charge in [-0.05, 0) is 47.5 Å². The van der Waals surface area contributed by atoms with E-state index in [-0.39, 0.29) is 0 Å². The molecule has 0 bridgehead atoms. The molecule has 182 valence electrons. The lowest BCUT2D eigenvalue weighted by Crippen LogP contribution is -1.93. The van der Waals surface area contributed by atoms with Gasteiger partial charge in [0.25, 0.3) is 0 Å². The number of hydrogen-bond acceptors (Lipinski definition) is 2. The first kappa shape index (κ1) is 21.1. The molecule has 0 spiro atoms. The number of aromatic nitrogens is 1. The molecule has 9 aromatic rings. The van der Waals surface area contributed by atoms with Crippen LogP contribution in [0.25, 0.3) is 80.7 Å². The molecule has 0 fully saturated rings. The van der Waals surface area contributed by atoms with Crippen LogP contribution in [0.15, 0.2) is 132 Å². The fourth-order valence-electron chi connectivity index (χ4n) is 6.31. The first-order valence-corrected chi connectivity index (χ1v) is 14.0. The monoisotopic (exact) mass is 515 g/mol. The average Bonchev–Trinajstić information content (AvgIpc) is 3.66. The predicted octanol–water partition coefficient (Wildman–Crippen LogP) is 10.7. The van der Waals surface area contributed by atoms with Crippen molar-refractivity contribution in [3.05, 3.63) is 127 Å². The molecular formula is C36H21NOS. The van der Waals surface area contributed by atoms with Gasteiger partial charge >= 0.3 is 0 Å². The van der Waals surface area contributed by atoms with Crippen molar-refractivity contribution in [3.8, 4) is 16.8 Å². The molecule has 0 N–H and O–H groups in total. The van der Waals surface area contributed by atoms with Gasteiger partial charge in [-0.1, -0.05) is 91.0 Å². The zero-order valence-electron chi connectivity index (χ0n) is 20.9. The molecule has 3 heterocycles. The highest BCUT2D eigenvalue weighted by atomic mass is 32.1. The van der Waals surface area contributed by atoms with Gasteiger partial charge in [-0.2, -0.15) is 0 Å². The summed E-state index contributed by atoms with van der Waals surface area (Å²) in [5, 5.41) is 7.49. The van der Waals surface area contributed by atoms with E-state index in [9.17, 15) is 0 Å². The van der Waals surface area contributed by atoms with Crippen LogP contribution in [0.3, 0.4) is 0 Å². The van der Waals surface area contributed by atoms with E-state index in [0.717, 1.165) is 27.6 Å². The Bertz CT molecular complexity index is 2390. The summed E-state index contributed by atoms with van der Waals surface area (Å²) in [5.41, 5.74) is 7.84. The summed E-state index contributed by atoms with van der Waals surface area (Å²) in [5.74, 6) is 0. The van der Waals surface area contributed by atoms with Gasteiger partial charge in [0.15, 0.2) is 0 Å². The summed E-state index contributed by atoms with van der Waals surface area (Å²) in [4.78, 5) is 0. The molecule has 3 heteroatoms. The van der Waals surface area contributed by atoms with Crippen molar-refractivity contribution >= 4 is 75.3 Å². The molecule has 39 heavy (non-hydrogen) atoms. The van der Waals surface area contributed by atoms with Crippen molar-refractivity contribution in [3.63, 3.8) is 0 Å². The second-order valence-electron chi connectivity index (χ2n) is 10.1. The van der Waals surface area contributed by atoms with Crippen molar-refractivity contribution in [1.29, 1.82) is 0 Å². The van der Waals surface area contributed by atoms with E-state index in [4.69, 9.17) is 4.42 Å². The Morgan fingerprint density at radius 3 is 2.26 bits per heavy atom. The molecule has 0 radical (unpaired) electrons. The van der Waals surface area contributed by atoms with Crippen LogP contribution in [-0.4, -0.2) is 4.57 Å². The van der Waals surface area contributed by atoms with E-state index in [1.807, 2.05) is 11.3 Å². The fourth-order valence-corrected chi connectivity index (χ4v) is 7.55. The van der Waals surface area contributed by atoms with Crippen LogP contribution >= 0.6 is 11.3 Å². The van der Waals surface area contributed by atoms with Crippen molar-refractivity contribution in [2.45, 2.75) is 0 Å². The average molecular weight is 516 g/mol. The highest BCUT2D eigenvalue weighted by Gasteiger charge is 2.19. The molecule has 0 atom stereocenters. The number of thiophene rings is 1. The molecule has 0 unspecified atom stereocenters. The standard InChI is InChI=1S/C36H21NOS/c1-2-9-22(10-3-1)24-13-8-15-32-34(24)29-21-23(17-20-31(29)38-32)37-30-14-6-4-11-25(30)27-18-19-28-26-12-5-7-16-33(26)39-36(28)35(27)37/h1-21H. The van der Waals surface area contributed by atoms with Crippen molar-refractivity contribution in [2.75, 3.05) is 0 Å². The number of para-hydroxylation sites is 1. The van der Waals surface area contributed by atoms with Crippen LogP contribution in [0, 0.1) is 0 Å². The quantitative estimate of drug-likeness (QED) is 0.224. The van der Waals surface area contributed by atoms with E-state index in [2.05, 4.69) is 132 Å². The summed E-state index contributed by atoms with van der Waals surface area (Å²) in [6, 6.07) is 45.7. The van der Waals surface area contributed by atoms with E-state index < -0.39 is 0 Å². The molecule has 0 aliphatic rings. The molecule has 0 aliphatic heterocycles. The Hall–Kier alpha value is -4.86. The normalized spacial score (nSPS) is 12.1. The van der Waals surface area contributed by atoms with Gasteiger partial charge in [0.05, 0.1) is 15.7 Å². The Morgan fingerprint density at radius 1 is 0.538 bits per heavy atom. The molecule has 0 amide bonds. The molecule has 0 saturated heterocycles. The minimum absolute atomic E-state index is 0.907. The third-order valence-corrected chi connectivity index (χ3v) is 9.19. The van der Waals surface area contributed by atoms with Gasteiger partial charge in [-0.25, -0.2) is 0 Å². The van der Waals surface area contributed by atoms with Gasteiger partial charge in [0.1, 0.15) is 11.2 Å². The van der Waals surface area contributed by atoms with Crippen LogP contribution in [0.1, 0.15) is 0 Å². The molecular weight excluding hydrogens is 494 g/mol. The van der Waals surface area contributed by atoms with Crippen LogP contribution in [-0.2, 0) is 0 Å². The lowest BCUT2D eigenvalue weighted by atomic mass is 9.99. The zero-order valence-corrected chi connectivity index (χ0v) is 21.7. The number of furan rings is 1. The van der Waals surface area contributed by atoms with Gasteiger partial charge in [0, 0.05) is 42.7 Å². The summed E-state index contributed by atoms with van der Waals surface area (Å²) < 4.78 is 11.5. The minimum Gasteiger partial charge on any atom is -0.456 e. The second kappa shape index (κ2) is 7.83. The topological polar surface area (TPSA) is 18.1 Å². The number of benzene rings is 6. The van der Waals surface area contributed by atoms with E-state index in [0.29, 0.717) is 0 Å². The summed E-state index contributed by atoms with van der Waals surface area (Å²) >= 11 is 1.88. The summed E-state index contributed by atoms with van der Waals surface area (Å²) in [7, 11) is 0. The summed E-state index contributed by atoms with van der Waals surface area (Å²) in [6.07, 6.45) is 0. The maximum atomic E-state index is 6.36. The van der Waals surface area contributed by atoms with Crippen LogP contribution < -0.4 is 0 Å². The predicted molar refractivity (Wildman–Crippen MR) is 166 cm³/mol. The lowest BCUT2D eigenvalue weighted by Gasteiger charge is -2.09. The zero-order chi connectivity index (χ0) is 25.5. The highest BCUT2D eigenvalue weighted by Crippen LogP contribution is 2.44. The summed E-state index contributed by atoms with van der Waals surface area (Å²) in [6.45, 7) is 0. The molecule has 6 aromatic carbocycles. The van der Waals surface area contributed by atoms with E-state index in [1.165, 1.54) is 53.1 Å². The minimum atomic E-state index is 0.907. The largest absolute Gasteiger partial charge is 0.456 e. The van der Waals surface area contributed by atoms with Crippen molar-refractivity contribution < 1.29 is 4.42 Å². The number of hydrogen-bond donors (Lipinski definition) is 0. The molecule has 2 nitrogen and oxygen atoms in total. The lowest BCUT2D eigenvalue weighted by molar-refractivity contribution is 0.669. The first-order valence-electron chi connectivity index (χ1n) is 13.2. The molecule has 0 aliphatic carbocycles. The van der Waals surface area contributed by atoms with Crippen LogP contribution in [0.5, 0.6) is 0 Å². The highest BCUT2D eigenvalue weighted by molar-refractivity contribution is 7.26. The maximum absolute atomic E-state index is 6.36. The van der Waals surface area contributed by atoms with Gasteiger partial charge < -0.3 is 8.98 Å². The van der Waals surface area contributed by atoms with Crippen molar-refractivity contribution in [1.82, 2.24) is 4.57 Å². The first-order chi connectivity index (χ1) is 19.3. The Balaban J connectivity index is 1.42. The smallest absolute Gasteiger partial charge is 0.136 e. The number of nitrogens with zero attached hydrogens (tertiary/aromatic N) is 1. The number of fused-ring (bicyclic) bond motifs is 10. The van der Waals surface area contributed by atoms with Gasteiger partial charge in [-0.15, -0.1) is 11.3 Å². The Morgan fingerprint density at radius 2 is 1.33 bits per heavy atom.